The van der Waals surface area contributed by atoms with Crippen molar-refractivity contribution in [2.75, 3.05) is 24.6 Å². The molecule has 0 N–H and O–H groups in total. The Bertz CT molecular complexity index is 791. The molecule has 0 radical (unpaired) electrons. The molecule has 1 aromatic carbocycles. The van der Waals surface area contributed by atoms with Crippen molar-refractivity contribution in [2.45, 2.75) is 26.9 Å². The molecule has 0 aliphatic carbocycles. The van der Waals surface area contributed by atoms with Gasteiger partial charge in [0.05, 0.1) is 23.7 Å². The Morgan fingerprint density at radius 2 is 2.14 bits per heavy atom. The number of hydrogen-bond acceptors (Lipinski definition) is 4. The van der Waals surface area contributed by atoms with Gasteiger partial charge in [-0.2, -0.15) is 0 Å². The molecule has 22 heavy (non-hydrogen) atoms. The van der Waals surface area contributed by atoms with E-state index in [0.717, 1.165) is 24.2 Å². The SMILES string of the molecule is C=Cc1ccc(C)c2c(=O)c(C)c(N3CCO[C@H](C)C3)oc12. The van der Waals surface area contributed by atoms with Gasteiger partial charge in [-0.25, -0.2) is 0 Å². The molecule has 2 aromatic rings. The maximum Gasteiger partial charge on any atom is 0.203 e. The van der Waals surface area contributed by atoms with Gasteiger partial charge in [-0.05, 0) is 26.3 Å². The minimum Gasteiger partial charge on any atom is -0.439 e. The van der Waals surface area contributed by atoms with Crippen LogP contribution in [0.1, 0.15) is 23.6 Å². The van der Waals surface area contributed by atoms with Crippen LogP contribution in [0, 0.1) is 13.8 Å². The van der Waals surface area contributed by atoms with Crippen LogP contribution in [0.5, 0.6) is 0 Å². The van der Waals surface area contributed by atoms with E-state index in [2.05, 4.69) is 11.5 Å². The van der Waals surface area contributed by atoms with Crippen molar-refractivity contribution in [1.29, 1.82) is 0 Å². The van der Waals surface area contributed by atoms with Gasteiger partial charge < -0.3 is 14.1 Å². The Morgan fingerprint density at radius 3 is 2.82 bits per heavy atom. The molecule has 1 fully saturated rings. The number of benzene rings is 1. The van der Waals surface area contributed by atoms with Gasteiger partial charge in [0.1, 0.15) is 5.58 Å². The molecule has 1 saturated heterocycles. The zero-order valence-electron chi connectivity index (χ0n) is 13.3. The van der Waals surface area contributed by atoms with Crippen LogP contribution >= 0.6 is 0 Å². The van der Waals surface area contributed by atoms with Crippen LogP contribution in [0.4, 0.5) is 5.88 Å². The highest BCUT2D eigenvalue weighted by Crippen LogP contribution is 2.29. The monoisotopic (exact) mass is 299 g/mol. The molecule has 0 bridgehead atoms. The van der Waals surface area contributed by atoms with Crippen LogP contribution in [0.25, 0.3) is 17.0 Å². The number of hydrogen-bond donors (Lipinski definition) is 0. The van der Waals surface area contributed by atoms with Crippen molar-refractivity contribution in [3.8, 4) is 0 Å². The van der Waals surface area contributed by atoms with E-state index in [-0.39, 0.29) is 11.5 Å². The maximum atomic E-state index is 12.8. The second-order valence-electron chi connectivity index (χ2n) is 5.87. The van der Waals surface area contributed by atoms with Crippen LogP contribution in [0.3, 0.4) is 0 Å². The average Bonchev–Trinajstić information content (AvgIpc) is 2.50. The first-order valence-corrected chi connectivity index (χ1v) is 7.59. The lowest BCUT2D eigenvalue weighted by Crippen LogP contribution is -2.42. The number of anilines is 1. The molecule has 1 aromatic heterocycles. The highest BCUT2D eigenvalue weighted by molar-refractivity contribution is 5.89. The van der Waals surface area contributed by atoms with Gasteiger partial charge in [-0.1, -0.05) is 24.8 Å². The zero-order valence-corrected chi connectivity index (χ0v) is 13.3. The van der Waals surface area contributed by atoms with Gasteiger partial charge in [0, 0.05) is 18.7 Å². The molecule has 1 aliphatic heterocycles. The Labute approximate surface area is 130 Å². The maximum absolute atomic E-state index is 12.8. The minimum atomic E-state index is 0.0385. The molecule has 1 aliphatic rings. The average molecular weight is 299 g/mol. The van der Waals surface area contributed by atoms with E-state index in [1.165, 1.54) is 0 Å². The van der Waals surface area contributed by atoms with Crippen molar-refractivity contribution in [3.63, 3.8) is 0 Å². The summed E-state index contributed by atoms with van der Waals surface area (Å²) in [6, 6.07) is 3.88. The Kier molecular flexibility index (Phi) is 3.79. The first kappa shape index (κ1) is 14.9. The Balaban J connectivity index is 2.26. The number of nitrogens with zero attached hydrogens (tertiary/aromatic N) is 1. The summed E-state index contributed by atoms with van der Waals surface area (Å²) in [5.74, 6) is 0.654. The zero-order chi connectivity index (χ0) is 15.9. The minimum absolute atomic E-state index is 0.0385. The summed E-state index contributed by atoms with van der Waals surface area (Å²) in [5.41, 5.74) is 3.10. The predicted molar refractivity (Wildman–Crippen MR) is 89.7 cm³/mol. The van der Waals surface area contributed by atoms with Gasteiger partial charge in [-0.15, -0.1) is 0 Å². The highest BCUT2D eigenvalue weighted by Gasteiger charge is 2.23. The van der Waals surface area contributed by atoms with Crippen molar-refractivity contribution >= 4 is 22.9 Å². The molecular formula is C18H21NO3. The predicted octanol–water partition coefficient (Wildman–Crippen LogP) is 3.28. The molecule has 0 amide bonds. The molecule has 0 unspecified atom stereocenters. The van der Waals surface area contributed by atoms with Crippen LogP contribution in [0.2, 0.25) is 0 Å². The smallest absolute Gasteiger partial charge is 0.203 e. The fourth-order valence-corrected chi connectivity index (χ4v) is 3.01. The second-order valence-corrected chi connectivity index (χ2v) is 5.87. The van der Waals surface area contributed by atoms with Gasteiger partial charge in [0.25, 0.3) is 0 Å². The first-order chi connectivity index (χ1) is 10.5. The van der Waals surface area contributed by atoms with E-state index in [4.69, 9.17) is 9.15 Å². The standard InChI is InChI=1S/C18H21NO3/c1-5-14-7-6-11(2)15-16(20)13(4)18(22-17(14)15)19-8-9-21-12(3)10-19/h5-7,12H,1,8-10H2,2-4H3/t12-/m1/s1. The topological polar surface area (TPSA) is 42.7 Å². The van der Waals surface area contributed by atoms with Crippen molar-refractivity contribution in [2.24, 2.45) is 0 Å². The fourth-order valence-electron chi connectivity index (χ4n) is 3.01. The lowest BCUT2D eigenvalue weighted by atomic mass is 10.0. The first-order valence-electron chi connectivity index (χ1n) is 7.59. The van der Waals surface area contributed by atoms with E-state index < -0.39 is 0 Å². The summed E-state index contributed by atoms with van der Waals surface area (Å²) < 4.78 is 11.7. The largest absolute Gasteiger partial charge is 0.439 e. The molecule has 0 spiro atoms. The fraction of sp³-hybridized carbons (Fsp3) is 0.389. The normalized spacial score (nSPS) is 18.7. The molecule has 4 nitrogen and oxygen atoms in total. The van der Waals surface area contributed by atoms with Gasteiger partial charge in [-0.3, -0.25) is 4.79 Å². The van der Waals surface area contributed by atoms with Crippen LogP contribution in [0.15, 0.2) is 27.9 Å². The summed E-state index contributed by atoms with van der Waals surface area (Å²) in [6.45, 7) is 11.7. The third-order valence-corrected chi connectivity index (χ3v) is 4.23. The van der Waals surface area contributed by atoms with E-state index in [1.54, 1.807) is 6.08 Å². The van der Waals surface area contributed by atoms with E-state index >= 15 is 0 Å². The molecule has 3 rings (SSSR count). The number of ether oxygens (including phenoxy) is 1. The molecule has 4 heteroatoms. The van der Waals surface area contributed by atoms with E-state index in [9.17, 15) is 4.79 Å². The Hall–Kier alpha value is -2.07. The van der Waals surface area contributed by atoms with Gasteiger partial charge in [0.15, 0.2) is 5.43 Å². The van der Waals surface area contributed by atoms with E-state index in [0.29, 0.717) is 29.0 Å². The summed E-state index contributed by atoms with van der Waals surface area (Å²) in [7, 11) is 0. The van der Waals surface area contributed by atoms with Crippen molar-refractivity contribution in [1.82, 2.24) is 0 Å². The molecule has 2 heterocycles. The van der Waals surface area contributed by atoms with Crippen LogP contribution < -0.4 is 10.3 Å². The number of fused-ring (bicyclic) bond motifs is 1. The summed E-state index contributed by atoms with van der Waals surface area (Å²) in [4.78, 5) is 14.9. The summed E-state index contributed by atoms with van der Waals surface area (Å²) in [6.07, 6.45) is 1.86. The van der Waals surface area contributed by atoms with Crippen LogP contribution in [-0.2, 0) is 4.74 Å². The molecule has 0 saturated carbocycles. The highest BCUT2D eigenvalue weighted by atomic mass is 16.5. The third-order valence-electron chi connectivity index (χ3n) is 4.23. The second kappa shape index (κ2) is 5.61. The number of aryl methyl sites for hydroxylation is 1. The molecular weight excluding hydrogens is 278 g/mol. The third kappa shape index (κ3) is 2.33. The summed E-state index contributed by atoms with van der Waals surface area (Å²) >= 11 is 0. The Morgan fingerprint density at radius 1 is 1.36 bits per heavy atom. The molecule has 1 atom stereocenters. The van der Waals surface area contributed by atoms with Crippen LogP contribution in [-0.4, -0.2) is 25.8 Å². The number of rotatable bonds is 2. The quantitative estimate of drug-likeness (QED) is 0.853. The number of morpholine rings is 1. The lowest BCUT2D eigenvalue weighted by Gasteiger charge is -2.32. The van der Waals surface area contributed by atoms with Gasteiger partial charge in [0.2, 0.25) is 5.88 Å². The van der Waals surface area contributed by atoms with Gasteiger partial charge >= 0.3 is 0 Å². The lowest BCUT2D eigenvalue weighted by molar-refractivity contribution is 0.0517. The van der Waals surface area contributed by atoms with Crippen molar-refractivity contribution in [3.05, 3.63) is 45.6 Å². The summed E-state index contributed by atoms with van der Waals surface area (Å²) in [5, 5.41) is 0.653. The molecule has 116 valence electrons. The van der Waals surface area contributed by atoms with Crippen molar-refractivity contribution < 1.29 is 9.15 Å². The van der Waals surface area contributed by atoms with E-state index in [1.807, 2.05) is 32.9 Å².